The molecule has 11 unspecified atom stereocenters. The van der Waals surface area contributed by atoms with Gasteiger partial charge in [0, 0.05) is 306 Å². The molecule has 9 radical (unpaired) electrons. The molecule has 0 saturated carbocycles. The van der Waals surface area contributed by atoms with Crippen LogP contribution in [0.25, 0.3) is 0 Å². The van der Waals surface area contributed by atoms with Crippen molar-refractivity contribution in [2.75, 3.05) is 119 Å². The molecule has 8 N–H and O–H groups in total. The van der Waals surface area contributed by atoms with Crippen molar-refractivity contribution in [3.63, 3.8) is 0 Å². The molecule has 0 amide bonds. The maximum absolute atomic E-state index is 13.8. The van der Waals surface area contributed by atoms with Crippen LogP contribution < -0.4 is 0 Å². The quantitative estimate of drug-likeness (QED) is 0.0159. The van der Waals surface area contributed by atoms with Gasteiger partial charge >= 0.3 is 54.8 Å². The summed E-state index contributed by atoms with van der Waals surface area (Å²) in [5.74, 6) is 0. The number of rotatable bonds is 73. The molecule has 0 aliphatic rings. The molecule has 0 heterocycles. The van der Waals surface area contributed by atoms with Crippen LogP contribution in [0.15, 0.2) is 0 Å². The van der Waals surface area contributed by atoms with Gasteiger partial charge in [-0.1, -0.05) is 90.9 Å². The van der Waals surface area contributed by atoms with Crippen molar-refractivity contribution in [3.05, 3.63) is 62.3 Å². The third-order valence-corrected chi connectivity index (χ3v) is 22.6. The van der Waals surface area contributed by atoms with E-state index in [0.29, 0.717) is 148 Å². The van der Waals surface area contributed by atoms with Crippen LogP contribution in [-0.2, 0) is 404 Å². The van der Waals surface area contributed by atoms with Crippen LogP contribution in [-0.4, -0.2) is 177 Å². The van der Waals surface area contributed by atoms with Crippen molar-refractivity contribution in [3.8, 4) is 0 Å². The summed E-state index contributed by atoms with van der Waals surface area (Å²) >= 11 is 0. The van der Waals surface area contributed by atoms with Gasteiger partial charge in [-0.2, -0.15) is 57.8 Å². The number of aliphatic hydroxyl groups is 1. The molecule has 0 fully saturated rings. The van der Waals surface area contributed by atoms with Gasteiger partial charge in [0.15, 0.2) is 0 Å². The molecule has 0 saturated heterocycles. The van der Waals surface area contributed by atoms with Crippen molar-refractivity contribution in [2.45, 2.75) is 200 Å². The normalized spacial score (nSPS) is 17.0. The summed E-state index contributed by atoms with van der Waals surface area (Å²) in [6.45, 7) is 31.1. The third kappa shape index (κ3) is 72.3. The van der Waals surface area contributed by atoms with Gasteiger partial charge in [0.1, 0.15) is 18.3 Å². The van der Waals surface area contributed by atoms with E-state index in [1.54, 1.807) is 0 Å². The van der Waals surface area contributed by atoms with Crippen molar-refractivity contribution in [1.29, 1.82) is 0 Å². The summed E-state index contributed by atoms with van der Waals surface area (Å²) in [5.41, 5.74) is -3.27. The second-order valence-electron chi connectivity index (χ2n) is 25.1. The van der Waals surface area contributed by atoms with Gasteiger partial charge in [0.25, 0.3) is 0 Å². The van der Waals surface area contributed by atoms with E-state index in [0.717, 1.165) is 0 Å². The van der Waals surface area contributed by atoms with Gasteiger partial charge in [0.2, 0.25) is 0 Å². The number of unbranched alkanes of at least 4 members (excludes halogenated alkanes) is 4. The maximum atomic E-state index is 13.8. The Kier molecular flexibility index (Phi) is 102. The average Bonchev–Trinajstić information content (AvgIpc) is 0.844. The molecule has 48 heteroatoms. The van der Waals surface area contributed by atoms with E-state index < -0.39 is 155 Å². The van der Waals surface area contributed by atoms with Crippen LogP contribution in [0.2, 0.25) is 0 Å². The Labute approximate surface area is 886 Å². The topological polar surface area (TPSA) is 438 Å². The first-order chi connectivity index (χ1) is 47.4. The first kappa shape index (κ1) is 141. The number of ether oxygens (including phenoxy) is 3. The number of phosphoric ester groups is 7. The smallest absolute Gasteiger partial charge is 0.396 e. The Morgan fingerprint density at radius 3 is 0.791 bits per heavy atom. The van der Waals surface area contributed by atoms with Gasteiger partial charge in [-0.3, -0.25) is 63.3 Å². The molecule has 0 aromatic heterocycles. The Bertz CT molecular complexity index is 2470. The summed E-state index contributed by atoms with van der Waals surface area (Å²) in [5, 5.41) is 9.11. The van der Waals surface area contributed by atoms with Gasteiger partial charge in [-0.25, -0.2) is 32.0 Å². The zero-order chi connectivity index (χ0) is 76.7. The predicted molar refractivity (Wildman–Crippen MR) is 379 cm³/mol. The Balaban J connectivity index is -0.00000139. The van der Waals surface area contributed by atoms with Crippen LogP contribution in [0, 0.1) is 84.0 Å². The molecular weight excluding hydrogens is 2270 g/mol. The zero-order valence-electron chi connectivity index (χ0n) is 65.2. The molecule has 0 bridgehead atoms. The van der Waals surface area contributed by atoms with Crippen molar-refractivity contribution >= 4 is 54.8 Å². The Hall–Kier alpha value is 10.5. The predicted octanol–water partition coefficient (Wildman–Crippen LogP) is 14.3. The van der Waals surface area contributed by atoms with E-state index in [9.17, 15) is 66.2 Å². The van der Waals surface area contributed by atoms with E-state index in [2.05, 4.69) is 62.3 Å². The van der Waals surface area contributed by atoms with Gasteiger partial charge in [0.05, 0.1) is 112 Å². The molecule has 0 spiro atoms. The first-order valence-corrected chi connectivity index (χ1v) is 44.8. The van der Waals surface area contributed by atoms with E-state index in [1.165, 1.54) is 13.8 Å². The van der Waals surface area contributed by atoms with Crippen LogP contribution in [0.5, 0.6) is 0 Å². The maximum Gasteiger partial charge on any atom is 0.472 e. The van der Waals surface area contributed by atoms with Crippen molar-refractivity contribution < 1.29 is 443 Å². The minimum Gasteiger partial charge on any atom is -0.396 e. The molecule has 110 heavy (non-hydrogen) atoms. The number of phosphoric acid groups is 7. The van der Waals surface area contributed by atoms with E-state index in [-0.39, 0.29) is 365 Å². The average molecular weight is 2400 g/mol. The summed E-state index contributed by atoms with van der Waals surface area (Å²) in [6.07, 6.45) is 8.34. The minimum atomic E-state index is -5.41. The monoisotopic (exact) mass is 2400 g/mol. The molecule has 11 atom stereocenters. The third-order valence-electron chi connectivity index (χ3n) is 15.5. The van der Waals surface area contributed by atoms with E-state index >= 15 is 0 Å². The molecule has 0 aromatic rings. The second-order valence-corrected chi connectivity index (χ2v) is 35.1. The Morgan fingerprint density at radius 1 is 0.291 bits per heavy atom. The fourth-order valence-electron chi connectivity index (χ4n) is 10.5. The molecular formula is C62H124O32P7Y9-9. The molecule has 0 aromatic carbocycles. The molecule has 32 nitrogen and oxygen atoms in total. The van der Waals surface area contributed by atoms with Gasteiger partial charge < -0.3 is 116 Å². The number of hydrogen-bond donors (Lipinski definition) is 8. The fourth-order valence-corrected chi connectivity index (χ4v) is 16.8. The van der Waals surface area contributed by atoms with Gasteiger partial charge in [-0.15, -0.1) is 0 Å². The second kappa shape index (κ2) is 79.3. The molecule has 0 rings (SSSR count). The number of aliphatic hydroxyl groups excluding tert-OH is 1. The summed E-state index contributed by atoms with van der Waals surface area (Å²) < 4.78 is 183. The molecule has 0 aliphatic carbocycles. The minimum absolute atomic E-state index is 0. The summed E-state index contributed by atoms with van der Waals surface area (Å²) in [6, 6.07) is 0. The summed E-state index contributed by atoms with van der Waals surface area (Å²) in [7, 11) is -35.4. The summed E-state index contributed by atoms with van der Waals surface area (Å²) in [4.78, 5) is 75.3. The van der Waals surface area contributed by atoms with Crippen LogP contribution in [0.3, 0.4) is 0 Å². The van der Waals surface area contributed by atoms with E-state index in [4.69, 9.17) is 82.6 Å². The number of hydrogen-bond acceptors (Lipinski definition) is 25. The van der Waals surface area contributed by atoms with Crippen LogP contribution in [0.1, 0.15) is 181 Å². The largest absolute Gasteiger partial charge is 0.472 e. The van der Waals surface area contributed by atoms with Crippen molar-refractivity contribution in [2.24, 2.45) is 21.7 Å². The van der Waals surface area contributed by atoms with E-state index in [1.807, 2.05) is 6.92 Å². The zero-order valence-corrected chi connectivity index (χ0v) is 97.0. The molecule has 0 aliphatic heterocycles. The first-order valence-electron chi connectivity index (χ1n) is 34.3. The Morgan fingerprint density at radius 2 is 0.527 bits per heavy atom. The van der Waals surface area contributed by atoms with Gasteiger partial charge in [-0.05, 0) is 48.9 Å². The SMILES string of the molecule is [CH2-]CCC(CC[CH2-])(CC[CH2-])COCC(COP(=O)(O)OCCCOP(=O)(O)OC(COCC(CC[CH2-])(CC[CH2-])CC[CH2-])COP(=O)(O)OCC(C)(COP(=O)(O)OCCCCCCO)COP(=O)(O)OCC(COCC(CC[CH2-])(CC[CH2-])CC[CH2-])OP(=O)(O)OCCCC)OP(=O)(O)OCC.[Y].[Y].[Y].[Y].[Y].[Y].[Y].[Y].[Y]. The van der Waals surface area contributed by atoms with Crippen LogP contribution >= 0.6 is 54.8 Å². The standard InChI is InChI=1S/C62H124O32P7.9Y/c1-13-24-40-84-100(74,75)93-57(45-79-54-61(33-17-5,34-18-6)35-19-7)48-87-97(68,69)90-51-59(12,50-89-96(66,67)82-41-28-26-25-27-39-63)52-91-98(70,71)88-49-58(46-80-55-62(36-20-8,37-21-9)38-22-10)94-101(76,77)85-43-29-42-83-95(64,65)86-47-56(92-99(72,73)81-23-11)44-78-53-60(30-14-2,31-15-3)32-16-4;;;;;;;;;/h56-58,63H,2-10,13-55H2,1,11-12H3,(H,64,65)(H,66,67)(H,68,69)(H,70,71)(H,72,73)(H,74,75)(H,76,77);;;;;;;;;/q-9;;;;;;;;;. The van der Waals surface area contributed by atoms with Crippen molar-refractivity contribution in [1.82, 2.24) is 0 Å². The fraction of sp³-hybridized carbons (Fsp3) is 0.855. The van der Waals surface area contributed by atoms with Crippen LogP contribution in [0.4, 0.5) is 0 Å². The molecule has 635 valence electrons.